The van der Waals surface area contributed by atoms with Gasteiger partial charge >= 0.3 is 0 Å². The highest BCUT2D eigenvalue weighted by Crippen LogP contribution is 2.24. The molecule has 0 heterocycles. The van der Waals surface area contributed by atoms with Crippen molar-refractivity contribution in [3.05, 3.63) is 35.9 Å². The molecule has 19 heavy (non-hydrogen) atoms. The van der Waals surface area contributed by atoms with Gasteiger partial charge in [-0.2, -0.15) is 9.98 Å². The molecule has 1 fully saturated rings. The van der Waals surface area contributed by atoms with Crippen molar-refractivity contribution in [3.8, 4) is 6.07 Å². The topological polar surface area (TPSA) is 70.0 Å². The zero-order chi connectivity index (χ0) is 13.7. The smallest absolute Gasteiger partial charge is 0.212 e. The summed E-state index contributed by atoms with van der Waals surface area (Å²) in [7, 11) is -3.42. The number of nitriles is 1. The van der Waals surface area contributed by atoms with Crippen LogP contribution < -0.4 is 4.72 Å². The maximum Gasteiger partial charge on any atom is 0.215 e. The summed E-state index contributed by atoms with van der Waals surface area (Å²) in [5.74, 6) is 0. The molecule has 2 rings (SSSR count). The summed E-state index contributed by atoms with van der Waals surface area (Å²) in [5, 5.41) is 8.82. The fraction of sp³-hybridized carbons (Fsp3) is 0.500. The Labute approximate surface area is 114 Å². The van der Waals surface area contributed by atoms with Crippen LogP contribution in [0.25, 0.3) is 0 Å². The van der Waals surface area contributed by atoms with Crippen LogP contribution in [-0.2, 0) is 10.0 Å². The Morgan fingerprint density at radius 3 is 2.37 bits per heavy atom. The van der Waals surface area contributed by atoms with E-state index < -0.39 is 16.1 Å². The van der Waals surface area contributed by atoms with Crippen LogP contribution in [0.5, 0.6) is 0 Å². The maximum absolute atomic E-state index is 12.3. The molecule has 102 valence electrons. The van der Waals surface area contributed by atoms with Gasteiger partial charge in [-0.1, -0.05) is 49.6 Å². The zero-order valence-corrected chi connectivity index (χ0v) is 11.6. The summed E-state index contributed by atoms with van der Waals surface area (Å²) < 4.78 is 27.1. The van der Waals surface area contributed by atoms with Crippen LogP contribution in [0.1, 0.15) is 43.7 Å². The van der Waals surface area contributed by atoms with E-state index >= 15 is 0 Å². The van der Waals surface area contributed by atoms with E-state index in [2.05, 4.69) is 4.72 Å². The number of benzene rings is 1. The normalized spacial score (nSPS) is 18.7. The van der Waals surface area contributed by atoms with Crippen molar-refractivity contribution >= 4 is 10.0 Å². The van der Waals surface area contributed by atoms with Gasteiger partial charge in [-0.3, -0.25) is 0 Å². The second-order valence-corrected chi connectivity index (χ2v) is 6.89. The lowest BCUT2D eigenvalue weighted by molar-refractivity contribution is 0.475. The summed E-state index contributed by atoms with van der Waals surface area (Å²) in [5.41, 5.74) is 0.685. The van der Waals surface area contributed by atoms with Crippen molar-refractivity contribution in [1.82, 2.24) is 4.72 Å². The highest BCUT2D eigenvalue weighted by Gasteiger charge is 2.29. The first-order chi connectivity index (χ1) is 9.13. The SMILES string of the molecule is N#CC(NS(=O)(=O)C1CCCCC1)c1ccccc1. The highest BCUT2D eigenvalue weighted by atomic mass is 32.2. The Hall–Kier alpha value is -1.38. The second kappa shape index (κ2) is 6.18. The molecule has 0 bridgehead atoms. The van der Waals surface area contributed by atoms with E-state index in [1.807, 2.05) is 12.1 Å². The van der Waals surface area contributed by atoms with Gasteiger partial charge in [0.25, 0.3) is 0 Å². The molecule has 1 aromatic carbocycles. The molecule has 0 amide bonds. The minimum atomic E-state index is -3.42. The van der Waals surface area contributed by atoms with E-state index in [0.29, 0.717) is 18.4 Å². The first-order valence-corrected chi connectivity index (χ1v) is 8.14. The van der Waals surface area contributed by atoms with Gasteiger partial charge in [0, 0.05) is 0 Å². The average Bonchev–Trinajstić information content (AvgIpc) is 2.47. The molecular formula is C14H18N2O2S. The van der Waals surface area contributed by atoms with E-state index in [1.165, 1.54) is 0 Å². The fourth-order valence-electron chi connectivity index (χ4n) is 2.45. The van der Waals surface area contributed by atoms with Crippen molar-refractivity contribution in [3.63, 3.8) is 0 Å². The quantitative estimate of drug-likeness (QED) is 0.920. The van der Waals surface area contributed by atoms with E-state index in [9.17, 15) is 8.42 Å². The summed E-state index contributed by atoms with van der Waals surface area (Å²) in [6, 6.07) is 10.2. The monoisotopic (exact) mass is 278 g/mol. The lowest BCUT2D eigenvalue weighted by atomic mass is 10.0. The molecule has 0 radical (unpaired) electrons. The maximum atomic E-state index is 12.3. The predicted octanol–water partition coefficient (Wildman–Crippen LogP) is 2.50. The van der Waals surface area contributed by atoms with E-state index in [0.717, 1.165) is 19.3 Å². The van der Waals surface area contributed by atoms with Crippen molar-refractivity contribution < 1.29 is 8.42 Å². The van der Waals surface area contributed by atoms with Crippen LogP contribution in [0, 0.1) is 11.3 Å². The van der Waals surface area contributed by atoms with Gasteiger partial charge in [0.05, 0.1) is 11.3 Å². The van der Waals surface area contributed by atoms with Gasteiger partial charge < -0.3 is 0 Å². The van der Waals surface area contributed by atoms with Crippen molar-refractivity contribution in [2.24, 2.45) is 0 Å². The first kappa shape index (κ1) is 14.0. The van der Waals surface area contributed by atoms with Crippen molar-refractivity contribution in [2.75, 3.05) is 0 Å². The second-order valence-electron chi connectivity index (χ2n) is 4.90. The molecule has 1 aliphatic rings. The third-order valence-corrected chi connectivity index (χ3v) is 5.45. The van der Waals surface area contributed by atoms with Crippen LogP contribution in [-0.4, -0.2) is 13.7 Å². The summed E-state index contributed by atoms with van der Waals surface area (Å²) >= 11 is 0. The van der Waals surface area contributed by atoms with Gasteiger partial charge in [0.2, 0.25) is 10.0 Å². The number of nitrogens with one attached hydrogen (secondary N) is 1. The molecule has 1 N–H and O–H groups in total. The number of rotatable bonds is 4. The number of hydrogen-bond acceptors (Lipinski definition) is 3. The van der Waals surface area contributed by atoms with Crippen LogP contribution in [0.15, 0.2) is 30.3 Å². The molecule has 1 unspecified atom stereocenters. The molecule has 0 saturated heterocycles. The Morgan fingerprint density at radius 2 is 1.79 bits per heavy atom. The lowest BCUT2D eigenvalue weighted by Crippen LogP contribution is -2.37. The third kappa shape index (κ3) is 3.55. The van der Waals surface area contributed by atoms with E-state index in [-0.39, 0.29) is 5.25 Å². The highest BCUT2D eigenvalue weighted by molar-refractivity contribution is 7.90. The predicted molar refractivity (Wildman–Crippen MR) is 73.7 cm³/mol. The van der Waals surface area contributed by atoms with Gasteiger partial charge in [-0.25, -0.2) is 8.42 Å². The van der Waals surface area contributed by atoms with Crippen LogP contribution >= 0.6 is 0 Å². The number of nitrogens with zero attached hydrogens (tertiary/aromatic N) is 1. The molecular weight excluding hydrogens is 260 g/mol. The molecule has 1 aromatic rings. The average molecular weight is 278 g/mol. The van der Waals surface area contributed by atoms with Crippen molar-refractivity contribution in [1.29, 1.82) is 5.26 Å². The molecule has 1 aliphatic carbocycles. The van der Waals surface area contributed by atoms with Gasteiger partial charge in [-0.15, -0.1) is 0 Å². The fourth-order valence-corrected chi connectivity index (χ4v) is 4.11. The van der Waals surface area contributed by atoms with Gasteiger partial charge in [0.15, 0.2) is 0 Å². The van der Waals surface area contributed by atoms with Crippen LogP contribution in [0.4, 0.5) is 0 Å². The number of sulfonamides is 1. The Bertz CT molecular complexity index is 543. The molecule has 0 aliphatic heterocycles. The Kier molecular flexibility index (Phi) is 4.56. The van der Waals surface area contributed by atoms with Crippen molar-refractivity contribution in [2.45, 2.75) is 43.4 Å². The van der Waals surface area contributed by atoms with E-state index in [4.69, 9.17) is 5.26 Å². The molecule has 1 atom stereocenters. The molecule has 1 saturated carbocycles. The first-order valence-electron chi connectivity index (χ1n) is 6.59. The Balaban J connectivity index is 2.12. The number of hydrogen-bond donors (Lipinski definition) is 1. The molecule has 5 heteroatoms. The molecule has 4 nitrogen and oxygen atoms in total. The zero-order valence-electron chi connectivity index (χ0n) is 10.7. The summed E-state index contributed by atoms with van der Waals surface area (Å²) in [4.78, 5) is 0. The molecule has 0 aromatic heterocycles. The van der Waals surface area contributed by atoms with Crippen LogP contribution in [0.3, 0.4) is 0 Å². The van der Waals surface area contributed by atoms with E-state index in [1.54, 1.807) is 24.3 Å². The largest absolute Gasteiger partial charge is 0.215 e. The molecule has 0 spiro atoms. The Morgan fingerprint density at radius 1 is 1.16 bits per heavy atom. The summed E-state index contributed by atoms with van der Waals surface area (Å²) in [6.45, 7) is 0. The van der Waals surface area contributed by atoms with Gasteiger partial charge in [0.1, 0.15) is 6.04 Å². The minimum absolute atomic E-state index is 0.346. The van der Waals surface area contributed by atoms with Crippen LogP contribution in [0.2, 0.25) is 0 Å². The summed E-state index contributed by atoms with van der Waals surface area (Å²) in [6.07, 6.45) is 4.40. The van der Waals surface area contributed by atoms with Gasteiger partial charge in [-0.05, 0) is 18.4 Å². The third-order valence-electron chi connectivity index (χ3n) is 3.54. The minimum Gasteiger partial charge on any atom is -0.212 e. The standard InChI is InChI=1S/C14H18N2O2S/c15-11-14(12-7-3-1-4-8-12)16-19(17,18)13-9-5-2-6-10-13/h1,3-4,7-8,13-14,16H,2,5-6,9-10H2. The lowest BCUT2D eigenvalue weighted by Gasteiger charge is -2.23.